The number of benzene rings is 2. The molecule has 11 nitrogen and oxygen atoms in total. The van der Waals surface area contributed by atoms with Crippen LogP contribution in [0.1, 0.15) is 82.0 Å². The van der Waals surface area contributed by atoms with Crippen molar-refractivity contribution < 1.29 is 45.9 Å². The zero-order chi connectivity index (χ0) is 40.0. The van der Waals surface area contributed by atoms with Crippen LogP contribution in [0.5, 0.6) is 11.6 Å². The number of hydrogen-bond donors (Lipinski definition) is 1. The second-order valence-electron chi connectivity index (χ2n) is 16.1. The third-order valence-electron chi connectivity index (χ3n) is 12.1. The number of ether oxygens (including phenoxy) is 2. The summed E-state index contributed by atoms with van der Waals surface area (Å²) in [5.41, 5.74) is -1.59. The minimum atomic E-state index is -4.64. The maximum absolute atomic E-state index is 14.9. The molecule has 3 heterocycles. The molecule has 1 aromatic heterocycles. The maximum atomic E-state index is 14.9. The summed E-state index contributed by atoms with van der Waals surface area (Å²) in [5.74, 6) is -3.83. The third kappa shape index (κ3) is 7.81. The fraction of sp³-hybridized carbons (Fsp3) is 0.500. The van der Waals surface area contributed by atoms with Gasteiger partial charge in [-0.05, 0) is 85.2 Å². The van der Waals surface area contributed by atoms with E-state index in [1.807, 2.05) is 36.8 Å². The number of fused-ring (bicyclic) bond motifs is 3. The Morgan fingerprint density at radius 1 is 1.07 bits per heavy atom. The number of nitrogens with one attached hydrogen (secondary N) is 1. The Morgan fingerprint density at radius 2 is 1.84 bits per heavy atom. The molecule has 0 spiro atoms. The van der Waals surface area contributed by atoms with Crippen LogP contribution in [0.25, 0.3) is 10.8 Å². The second-order valence-corrected chi connectivity index (χ2v) is 18.1. The standard InChI is InChI=1S/C42H47F2N3O8S/c1-25-8-4-5-9-28-22-41(28,40(51)46-56(52,53)42(44)15-16-42)23-37(49)35-20-30(55-38-31-13-12-29(54-3)19-27(31)14-17-45-38)24-47(35)39(50)33(26(2)18-25)21-36(48)32-10-6-7-11-34(32)43/h5-7,9-14,17,19,25-26,28,30,33,35H,4,8,15-16,18,20-24H2,1-3H3,(H,46,51)/b9-5-/t25-,26-,28-,30-,33+,35+,41-/m1/s1. The van der Waals surface area contributed by atoms with Crippen LogP contribution in [0, 0.1) is 34.9 Å². The number of pyridine rings is 1. The average molecular weight is 792 g/mol. The van der Waals surface area contributed by atoms with Crippen molar-refractivity contribution in [2.75, 3.05) is 13.7 Å². The zero-order valence-corrected chi connectivity index (χ0v) is 32.5. The highest BCUT2D eigenvalue weighted by atomic mass is 32.2. The number of ketones is 2. The topological polar surface area (TPSA) is 149 Å². The van der Waals surface area contributed by atoms with Crippen molar-refractivity contribution in [2.45, 2.75) is 88.8 Å². The van der Waals surface area contributed by atoms with Gasteiger partial charge in [-0.15, -0.1) is 0 Å². The van der Waals surface area contributed by atoms with Crippen LogP contribution in [0.15, 0.2) is 66.9 Å². The molecule has 3 aromatic rings. The summed E-state index contributed by atoms with van der Waals surface area (Å²) < 4.78 is 69.1. The highest BCUT2D eigenvalue weighted by molar-refractivity contribution is 7.91. The second kappa shape index (κ2) is 15.3. The number of rotatable bonds is 9. The average Bonchev–Trinajstić information content (AvgIpc) is 4.05. The van der Waals surface area contributed by atoms with Gasteiger partial charge < -0.3 is 14.4 Å². The number of carbonyl (C=O) groups excluding carboxylic acids is 4. The van der Waals surface area contributed by atoms with Crippen molar-refractivity contribution in [3.05, 3.63) is 78.3 Å². The number of sulfonamides is 1. The summed E-state index contributed by atoms with van der Waals surface area (Å²) in [7, 11) is -3.08. The van der Waals surface area contributed by atoms with Gasteiger partial charge in [0.05, 0.1) is 30.7 Å². The van der Waals surface area contributed by atoms with Gasteiger partial charge >= 0.3 is 0 Å². The first-order valence-electron chi connectivity index (χ1n) is 19.3. The van der Waals surface area contributed by atoms with Gasteiger partial charge in [0.25, 0.3) is 10.0 Å². The van der Waals surface area contributed by atoms with Gasteiger partial charge in [0.2, 0.25) is 22.7 Å². The Kier molecular flexibility index (Phi) is 10.8. The van der Waals surface area contributed by atoms with E-state index in [2.05, 4.69) is 4.98 Å². The Bertz CT molecular complexity index is 2190. The van der Waals surface area contributed by atoms with Crippen LogP contribution in [0.2, 0.25) is 0 Å². The first kappa shape index (κ1) is 39.5. The van der Waals surface area contributed by atoms with Gasteiger partial charge in [0.15, 0.2) is 11.6 Å². The van der Waals surface area contributed by atoms with Crippen molar-refractivity contribution in [1.29, 1.82) is 0 Å². The van der Waals surface area contributed by atoms with E-state index in [-0.39, 0.29) is 61.9 Å². The van der Waals surface area contributed by atoms with Gasteiger partial charge in [0.1, 0.15) is 17.7 Å². The summed E-state index contributed by atoms with van der Waals surface area (Å²) in [6, 6.07) is 11.7. The quantitative estimate of drug-likeness (QED) is 0.189. The Balaban J connectivity index is 1.24. The molecule has 0 unspecified atom stereocenters. The lowest BCUT2D eigenvalue weighted by Gasteiger charge is -2.32. The number of alkyl halides is 1. The van der Waals surface area contributed by atoms with Crippen molar-refractivity contribution in [2.24, 2.45) is 29.1 Å². The largest absolute Gasteiger partial charge is 0.497 e. The summed E-state index contributed by atoms with van der Waals surface area (Å²) in [4.78, 5) is 62.8. The lowest BCUT2D eigenvalue weighted by Crippen LogP contribution is -2.48. The predicted molar refractivity (Wildman–Crippen MR) is 203 cm³/mol. The molecule has 3 fully saturated rings. The molecule has 7 atom stereocenters. The number of methoxy groups -OCH3 is 1. The number of nitrogens with zero attached hydrogens (tertiary/aromatic N) is 2. The predicted octanol–water partition coefficient (Wildman–Crippen LogP) is 6.50. The van der Waals surface area contributed by atoms with E-state index < -0.39 is 80.0 Å². The van der Waals surface area contributed by atoms with Crippen molar-refractivity contribution in [3.8, 4) is 11.6 Å². The molecule has 2 aliphatic carbocycles. The van der Waals surface area contributed by atoms with Crippen LogP contribution >= 0.6 is 0 Å². The van der Waals surface area contributed by atoms with E-state index in [4.69, 9.17) is 9.47 Å². The van der Waals surface area contributed by atoms with Crippen LogP contribution in [0.4, 0.5) is 8.78 Å². The van der Waals surface area contributed by atoms with Crippen LogP contribution in [-0.4, -0.2) is 72.5 Å². The molecule has 0 bridgehead atoms. The first-order chi connectivity index (χ1) is 26.6. The third-order valence-corrected chi connectivity index (χ3v) is 13.9. The monoisotopic (exact) mass is 791 g/mol. The molecule has 2 amide bonds. The molecular formula is C42H47F2N3O8S. The number of Topliss-reactive ketones (excluding diaryl/α,β-unsaturated/α-hetero) is 2. The van der Waals surface area contributed by atoms with Gasteiger partial charge in [-0.2, -0.15) is 0 Å². The summed E-state index contributed by atoms with van der Waals surface area (Å²) in [6.07, 6.45) is 5.58. The SMILES string of the molecule is COc1ccc2c(O[C@@H]3C[C@H]4C(=O)C[C@]5(C(=O)NS(=O)(=O)C6(F)CC6)C[C@H]5/C=C\CC[C@@H](C)C[C@@H](C)[C@H](CC(=O)c5ccccc5F)C(=O)N4C3)nccc2c1. The van der Waals surface area contributed by atoms with E-state index in [9.17, 15) is 36.4 Å². The van der Waals surface area contributed by atoms with E-state index in [1.165, 1.54) is 23.1 Å². The molecule has 0 radical (unpaired) electrons. The number of amides is 2. The summed E-state index contributed by atoms with van der Waals surface area (Å²) in [6.45, 7) is 3.90. The normalized spacial score (nSPS) is 29.6. The van der Waals surface area contributed by atoms with Crippen LogP contribution < -0.4 is 14.2 Å². The van der Waals surface area contributed by atoms with Gasteiger partial charge in [-0.1, -0.05) is 38.1 Å². The van der Waals surface area contributed by atoms with E-state index in [0.29, 0.717) is 24.0 Å². The van der Waals surface area contributed by atoms with Gasteiger partial charge in [-0.25, -0.2) is 26.9 Å². The number of halogens is 2. The Labute approximate surface area is 325 Å². The summed E-state index contributed by atoms with van der Waals surface area (Å²) >= 11 is 0. The van der Waals surface area contributed by atoms with Crippen molar-refractivity contribution in [3.63, 3.8) is 0 Å². The number of hydrogen-bond acceptors (Lipinski definition) is 9. The van der Waals surface area contributed by atoms with E-state index in [0.717, 1.165) is 11.8 Å². The fourth-order valence-corrected chi connectivity index (χ4v) is 9.75. The number of aromatic nitrogens is 1. The van der Waals surface area contributed by atoms with Crippen molar-refractivity contribution >= 4 is 44.2 Å². The molecule has 1 saturated heterocycles. The van der Waals surface area contributed by atoms with Crippen LogP contribution in [0.3, 0.4) is 0 Å². The van der Waals surface area contributed by atoms with Gasteiger partial charge in [0, 0.05) is 49.6 Å². The number of carbonyl (C=O) groups is 4. The Morgan fingerprint density at radius 3 is 2.57 bits per heavy atom. The lowest BCUT2D eigenvalue weighted by atomic mass is 9.80. The minimum Gasteiger partial charge on any atom is -0.497 e. The molecule has 298 valence electrons. The molecule has 2 saturated carbocycles. The molecule has 2 aliphatic heterocycles. The van der Waals surface area contributed by atoms with E-state index in [1.54, 1.807) is 37.6 Å². The Hall–Kier alpha value is -4.72. The molecular weight excluding hydrogens is 745 g/mol. The molecule has 2 aromatic carbocycles. The molecule has 56 heavy (non-hydrogen) atoms. The minimum absolute atomic E-state index is 0.0294. The van der Waals surface area contributed by atoms with Gasteiger partial charge in [-0.3, -0.25) is 19.2 Å². The van der Waals surface area contributed by atoms with E-state index >= 15 is 0 Å². The zero-order valence-electron chi connectivity index (χ0n) is 31.7. The lowest BCUT2D eigenvalue weighted by molar-refractivity contribution is -0.143. The van der Waals surface area contributed by atoms with Crippen molar-refractivity contribution in [1.82, 2.24) is 14.6 Å². The summed E-state index contributed by atoms with van der Waals surface area (Å²) in [5, 5.41) is -1.05. The number of allylic oxidation sites excluding steroid dienone is 2. The highest BCUT2D eigenvalue weighted by Crippen LogP contribution is 2.58. The maximum Gasteiger partial charge on any atom is 0.270 e. The first-order valence-corrected chi connectivity index (χ1v) is 20.8. The van der Waals surface area contributed by atoms with Crippen LogP contribution in [-0.2, 0) is 24.4 Å². The molecule has 7 rings (SSSR count). The molecule has 4 aliphatic rings. The smallest absolute Gasteiger partial charge is 0.270 e. The highest BCUT2D eigenvalue weighted by Gasteiger charge is 2.64. The molecule has 1 N–H and O–H groups in total. The fourth-order valence-electron chi connectivity index (χ4n) is 8.48. The molecule has 14 heteroatoms.